The number of tetrazole rings is 1. The maximum Gasteiger partial charge on any atom is 0.252 e. The highest BCUT2D eigenvalue weighted by molar-refractivity contribution is 5.80. The normalized spacial score (nSPS) is 12.7. The highest BCUT2D eigenvalue weighted by Crippen LogP contribution is 2.30. The number of fused-ring (bicyclic) bond motifs is 1. The van der Waals surface area contributed by atoms with Crippen molar-refractivity contribution in [1.29, 1.82) is 0 Å². The molecule has 9 heteroatoms. The van der Waals surface area contributed by atoms with Crippen LogP contribution in [0.1, 0.15) is 63.5 Å². The average Bonchev–Trinajstić information content (AvgIpc) is 3.40. The van der Waals surface area contributed by atoms with Crippen LogP contribution in [0.4, 0.5) is 0 Å². The molecule has 0 saturated carbocycles. The Morgan fingerprint density at radius 3 is 2.35 bits per heavy atom. The summed E-state index contributed by atoms with van der Waals surface area (Å²) in [7, 11) is 3.27. The highest BCUT2D eigenvalue weighted by Gasteiger charge is 2.31. The number of aromatic amines is 1. The zero-order chi connectivity index (χ0) is 26.6. The first kappa shape index (κ1) is 26.3. The van der Waals surface area contributed by atoms with E-state index < -0.39 is 0 Å². The zero-order valence-electron chi connectivity index (χ0n) is 22.5. The van der Waals surface area contributed by atoms with Gasteiger partial charge in [0.2, 0.25) is 0 Å². The molecule has 1 N–H and O–H groups in total. The first-order valence-corrected chi connectivity index (χ1v) is 12.6. The van der Waals surface area contributed by atoms with E-state index >= 15 is 0 Å². The molecule has 1 atom stereocenters. The predicted molar refractivity (Wildman–Crippen MR) is 144 cm³/mol. The number of pyridine rings is 1. The lowest BCUT2D eigenvalue weighted by atomic mass is 10.0. The maximum atomic E-state index is 13.2. The first-order valence-electron chi connectivity index (χ1n) is 12.6. The summed E-state index contributed by atoms with van der Waals surface area (Å²) in [5, 5.41) is 13.8. The third-order valence-corrected chi connectivity index (χ3v) is 7.11. The van der Waals surface area contributed by atoms with Gasteiger partial charge >= 0.3 is 0 Å². The summed E-state index contributed by atoms with van der Waals surface area (Å²) in [6, 6.07) is 15.6. The molecular formula is C28H36N6O3. The molecule has 0 amide bonds. The van der Waals surface area contributed by atoms with E-state index in [0.29, 0.717) is 24.4 Å². The molecule has 196 valence electrons. The van der Waals surface area contributed by atoms with E-state index in [1.807, 2.05) is 41.1 Å². The lowest BCUT2D eigenvalue weighted by Gasteiger charge is -2.33. The quantitative estimate of drug-likeness (QED) is 0.312. The molecule has 2 aromatic carbocycles. The van der Waals surface area contributed by atoms with E-state index in [0.717, 1.165) is 40.9 Å². The number of rotatable bonds is 11. The Labute approximate surface area is 217 Å². The van der Waals surface area contributed by atoms with Gasteiger partial charge < -0.3 is 14.5 Å². The summed E-state index contributed by atoms with van der Waals surface area (Å²) in [6.45, 7) is 9.57. The predicted octanol–water partition coefficient (Wildman–Crippen LogP) is 4.83. The van der Waals surface area contributed by atoms with Crippen LogP contribution in [0.25, 0.3) is 10.9 Å². The number of benzene rings is 2. The summed E-state index contributed by atoms with van der Waals surface area (Å²) >= 11 is 0. The molecule has 37 heavy (non-hydrogen) atoms. The van der Waals surface area contributed by atoms with Gasteiger partial charge in [0.1, 0.15) is 11.5 Å². The number of ether oxygens (including phenoxy) is 2. The van der Waals surface area contributed by atoms with Crippen molar-refractivity contribution in [2.75, 3.05) is 14.2 Å². The molecule has 0 radical (unpaired) electrons. The van der Waals surface area contributed by atoms with Crippen LogP contribution in [0.2, 0.25) is 0 Å². The van der Waals surface area contributed by atoms with Crippen LogP contribution in [-0.4, -0.2) is 44.3 Å². The van der Waals surface area contributed by atoms with Gasteiger partial charge in [-0.05, 0) is 78.4 Å². The van der Waals surface area contributed by atoms with E-state index in [9.17, 15) is 4.79 Å². The molecule has 9 nitrogen and oxygen atoms in total. The SMILES string of the molecule is CCC(c1nnnn1C(C)(C)CC)N(Cc1ccc(OC)cc1)Cc1cc2ccc(OC)cc2[nH]c1=O. The van der Waals surface area contributed by atoms with Crippen molar-refractivity contribution < 1.29 is 9.47 Å². The second-order valence-corrected chi connectivity index (χ2v) is 9.87. The van der Waals surface area contributed by atoms with Gasteiger partial charge in [0.05, 0.1) is 31.3 Å². The Morgan fingerprint density at radius 2 is 1.70 bits per heavy atom. The topological polar surface area (TPSA) is 98.2 Å². The molecule has 0 spiro atoms. The highest BCUT2D eigenvalue weighted by atomic mass is 16.5. The van der Waals surface area contributed by atoms with Crippen molar-refractivity contribution in [3.05, 3.63) is 75.8 Å². The summed E-state index contributed by atoms with van der Waals surface area (Å²) in [5.41, 5.74) is 2.17. The molecule has 0 fully saturated rings. The smallest absolute Gasteiger partial charge is 0.252 e. The summed E-state index contributed by atoms with van der Waals surface area (Å²) in [6.07, 6.45) is 1.66. The maximum absolute atomic E-state index is 13.2. The van der Waals surface area contributed by atoms with Gasteiger partial charge in [0, 0.05) is 24.7 Å². The number of hydrogen-bond acceptors (Lipinski definition) is 7. The fourth-order valence-corrected chi connectivity index (χ4v) is 4.52. The molecule has 4 aromatic rings. The second-order valence-electron chi connectivity index (χ2n) is 9.87. The van der Waals surface area contributed by atoms with Gasteiger partial charge in [-0.25, -0.2) is 4.68 Å². The van der Waals surface area contributed by atoms with Crippen LogP contribution < -0.4 is 15.0 Å². The molecule has 1 unspecified atom stereocenters. The van der Waals surface area contributed by atoms with Crippen LogP contribution in [0.3, 0.4) is 0 Å². The molecule has 4 rings (SSSR count). The average molecular weight is 505 g/mol. The first-order chi connectivity index (χ1) is 17.8. The Balaban J connectivity index is 1.76. The number of hydrogen-bond donors (Lipinski definition) is 1. The molecule has 0 bridgehead atoms. The largest absolute Gasteiger partial charge is 0.497 e. The van der Waals surface area contributed by atoms with Gasteiger partial charge in [-0.15, -0.1) is 5.10 Å². The minimum Gasteiger partial charge on any atom is -0.497 e. The van der Waals surface area contributed by atoms with Crippen LogP contribution in [0.15, 0.2) is 53.3 Å². The Kier molecular flexibility index (Phi) is 7.92. The van der Waals surface area contributed by atoms with E-state index in [1.54, 1.807) is 14.2 Å². The lowest BCUT2D eigenvalue weighted by molar-refractivity contribution is 0.150. The number of H-pyrrole nitrogens is 1. The fraction of sp³-hybridized carbons (Fsp3) is 0.429. The summed E-state index contributed by atoms with van der Waals surface area (Å²) < 4.78 is 12.6. The van der Waals surface area contributed by atoms with Crippen molar-refractivity contribution in [3.63, 3.8) is 0 Å². The minimum absolute atomic E-state index is 0.103. The third-order valence-electron chi connectivity index (χ3n) is 7.11. The van der Waals surface area contributed by atoms with Gasteiger partial charge in [0.25, 0.3) is 5.56 Å². The Morgan fingerprint density at radius 1 is 1.00 bits per heavy atom. The molecular weight excluding hydrogens is 468 g/mol. The van der Waals surface area contributed by atoms with E-state index in [-0.39, 0.29) is 17.1 Å². The monoisotopic (exact) mass is 504 g/mol. The zero-order valence-corrected chi connectivity index (χ0v) is 22.5. The molecule has 0 aliphatic rings. The van der Waals surface area contributed by atoms with E-state index in [2.05, 4.69) is 65.2 Å². The van der Waals surface area contributed by atoms with E-state index in [1.165, 1.54) is 0 Å². The van der Waals surface area contributed by atoms with Crippen molar-refractivity contribution in [1.82, 2.24) is 30.1 Å². The summed E-state index contributed by atoms with van der Waals surface area (Å²) in [4.78, 5) is 18.5. The van der Waals surface area contributed by atoms with Crippen molar-refractivity contribution >= 4 is 10.9 Å². The van der Waals surface area contributed by atoms with Crippen molar-refractivity contribution in [3.8, 4) is 11.5 Å². The molecule has 2 aromatic heterocycles. The van der Waals surface area contributed by atoms with Crippen LogP contribution in [-0.2, 0) is 18.6 Å². The number of methoxy groups -OCH3 is 2. The van der Waals surface area contributed by atoms with Crippen molar-refractivity contribution in [2.45, 2.75) is 65.2 Å². The van der Waals surface area contributed by atoms with Gasteiger partial charge in [-0.3, -0.25) is 9.69 Å². The Bertz CT molecular complexity index is 1390. The van der Waals surface area contributed by atoms with Crippen LogP contribution >= 0.6 is 0 Å². The van der Waals surface area contributed by atoms with Crippen LogP contribution in [0.5, 0.6) is 11.5 Å². The third kappa shape index (κ3) is 5.67. The molecule has 2 heterocycles. The fourth-order valence-electron chi connectivity index (χ4n) is 4.52. The molecule has 0 saturated heterocycles. The standard InChI is InChI=1S/C28H36N6O3/c1-7-25(26-30-31-32-34(26)28(3,4)8-2)33(17-19-9-12-22(36-5)13-10-19)18-21-15-20-11-14-23(37-6)16-24(20)29-27(21)35/h9-16,25H,7-8,17-18H2,1-6H3,(H,29,35). The van der Waals surface area contributed by atoms with E-state index in [4.69, 9.17) is 9.47 Å². The minimum atomic E-state index is -0.239. The van der Waals surface area contributed by atoms with Gasteiger partial charge in [-0.2, -0.15) is 0 Å². The number of aromatic nitrogens is 5. The molecule has 0 aliphatic carbocycles. The summed E-state index contributed by atoms with van der Waals surface area (Å²) in [5.74, 6) is 2.30. The molecule has 0 aliphatic heterocycles. The number of nitrogens with zero attached hydrogens (tertiary/aromatic N) is 5. The van der Waals surface area contributed by atoms with Crippen LogP contribution in [0, 0.1) is 0 Å². The van der Waals surface area contributed by atoms with Gasteiger partial charge in [-0.1, -0.05) is 26.0 Å². The lowest BCUT2D eigenvalue weighted by Crippen LogP contribution is -2.36. The number of nitrogens with one attached hydrogen (secondary N) is 1. The van der Waals surface area contributed by atoms with Gasteiger partial charge in [0.15, 0.2) is 5.82 Å². The van der Waals surface area contributed by atoms with Crippen molar-refractivity contribution in [2.24, 2.45) is 0 Å². The Hall–Kier alpha value is -3.72. The second kappa shape index (κ2) is 11.1.